The summed E-state index contributed by atoms with van der Waals surface area (Å²) >= 11 is 0. The van der Waals surface area contributed by atoms with Gasteiger partial charge in [0.2, 0.25) is 0 Å². The van der Waals surface area contributed by atoms with Crippen LogP contribution in [0.15, 0.2) is 24.3 Å². The Balaban J connectivity index is 2.80. The molecule has 0 aliphatic rings. The number of nitro benzene ring substituents is 1. The number of para-hydroxylation sites is 1. The molecule has 0 aliphatic carbocycles. The van der Waals surface area contributed by atoms with E-state index in [9.17, 15) is 14.9 Å². The molecule has 0 unspecified atom stereocenters. The van der Waals surface area contributed by atoms with Gasteiger partial charge in [0, 0.05) is 30.8 Å². The standard InChI is InChI=1S/C14H20N2O4/c1-11(2)15(9-8-14(17)20-3)10-12-6-4-5-7-13(12)16(18)19/h4-7,11H,8-10H2,1-3H3. The molecule has 0 amide bonds. The highest BCUT2D eigenvalue weighted by atomic mass is 16.6. The number of carbonyl (C=O) groups excluding carboxylic acids is 1. The minimum atomic E-state index is -0.381. The Morgan fingerprint density at radius 2 is 2.05 bits per heavy atom. The zero-order chi connectivity index (χ0) is 15.1. The smallest absolute Gasteiger partial charge is 0.306 e. The molecule has 6 heteroatoms. The van der Waals surface area contributed by atoms with Gasteiger partial charge in [-0.1, -0.05) is 18.2 Å². The van der Waals surface area contributed by atoms with Crippen molar-refractivity contribution in [3.05, 3.63) is 39.9 Å². The van der Waals surface area contributed by atoms with Crippen LogP contribution in [0.25, 0.3) is 0 Å². The van der Waals surface area contributed by atoms with Gasteiger partial charge in [0.15, 0.2) is 0 Å². The first-order chi connectivity index (χ1) is 9.45. The van der Waals surface area contributed by atoms with E-state index in [1.54, 1.807) is 18.2 Å². The molecule has 0 fully saturated rings. The van der Waals surface area contributed by atoms with E-state index in [0.29, 0.717) is 18.7 Å². The van der Waals surface area contributed by atoms with Crippen LogP contribution in [0.1, 0.15) is 25.8 Å². The number of hydrogen-bond acceptors (Lipinski definition) is 5. The highest BCUT2D eigenvalue weighted by Crippen LogP contribution is 2.20. The number of nitro groups is 1. The van der Waals surface area contributed by atoms with Crippen molar-refractivity contribution in [3.8, 4) is 0 Å². The lowest BCUT2D eigenvalue weighted by molar-refractivity contribution is -0.385. The summed E-state index contributed by atoms with van der Waals surface area (Å²) in [5, 5.41) is 11.0. The van der Waals surface area contributed by atoms with Gasteiger partial charge < -0.3 is 4.74 Å². The van der Waals surface area contributed by atoms with Crippen LogP contribution in [-0.2, 0) is 16.1 Å². The fourth-order valence-electron chi connectivity index (χ4n) is 1.90. The summed E-state index contributed by atoms with van der Waals surface area (Å²) in [4.78, 5) is 23.8. The number of benzene rings is 1. The third-order valence-corrected chi connectivity index (χ3v) is 3.12. The van der Waals surface area contributed by atoms with Crippen LogP contribution in [0.4, 0.5) is 5.69 Å². The van der Waals surface area contributed by atoms with Gasteiger partial charge in [-0.2, -0.15) is 0 Å². The summed E-state index contributed by atoms with van der Waals surface area (Å²) in [6, 6.07) is 6.84. The second-order valence-electron chi connectivity index (χ2n) is 4.78. The maximum absolute atomic E-state index is 11.2. The first-order valence-corrected chi connectivity index (χ1v) is 6.49. The summed E-state index contributed by atoms with van der Waals surface area (Å²) in [5.74, 6) is -0.279. The molecular formula is C14H20N2O4. The summed E-state index contributed by atoms with van der Waals surface area (Å²) in [7, 11) is 1.35. The summed E-state index contributed by atoms with van der Waals surface area (Å²) in [6.07, 6.45) is 0.273. The quantitative estimate of drug-likeness (QED) is 0.435. The Morgan fingerprint density at radius 1 is 1.40 bits per heavy atom. The molecule has 0 atom stereocenters. The summed E-state index contributed by atoms with van der Waals surface area (Å²) < 4.78 is 4.62. The minimum Gasteiger partial charge on any atom is -0.469 e. The number of esters is 1. The molecule has 0 radical (unpaired) electrons. The second kappa shape index (κ2) is 7.59. The average Bonchev–Trinajstić information content (AvgIpc) is 2.42. The van der Waals surface area contributed by atoms with Crippen LogP contribution in [-0.4, -0.2) is 35.5 Å². The highest BCUT2D eigenvalue weighted by molar-refractivity contribution is 5.69. The molecule has 0 saturated heterocycles. The van der Waals surface area contributed by atoms with Crippen molar-refractivity contribution in [2.45, 2.75) is 32.9 Å². The number of methoxy groups -OCH3 is 1. The van der Waals surface area contributed by atoms with Gasteiger partial charge in [-0.15, -0.1) is 0 Å². The van der Waals surface area contributed by atoms with Crippen LogP contribution in [0, 0.1) is 10.1 Å². The zero-order valence-corrected chi connectivity index (χ0v) is 12.0. The largest absolute Gasteiger partial charge is 0.469 e. The number of nitrogens with zero attached hydrogens (tertiary/aromatic N) is 2. The lowest BCUT2D eigenvalue weighted by Gasteiger charge is -2.25. The highest BCUT2D eigenvalue weighted by Gasteiger charge is 2.18. The SMILES string of the molecule is COC(=O)CCN(Cc1ccccc1[N+](=O)[O-])C(C)C. The lowest BCUT2D eigenvalue weighted by atomic mass is 10.1. The van der Waals surface area contributed by atoms with Gasteiger partial charge in [0.1, 0.15) is 0 Å². The van der Waals surface area contributed by atoms with Gasteiger partial charge in [-0.3, -0.25) is 19.8 Å². The van der Waals surface area contributed by atoms with Crippen molar-refractivity contribution >= 4 is 11.7 Å². The van der Waals surface area contributed by atoms with Gasteiger partial charge in [0.25, 0.3) is 5.69 Å². The molecule has 0 saturated carbocycles. The third-order valence-electron chi connectivity index (χ3n) is 3.12. The molecule has 1 rings (SSSR count). The van der Waals surface area contributed by atoms with Gasteiger partial charge in [-0.05, 0) is 13.8 Å². The molecule has 110 valence electrons. The van der Waals surface area contributed by atoms with Crippen molar-refractivity contribution < 1.29 is 14.5 Å². The number of rotatable bonds is 7. The number of hydrogen-bond donors (Lipinski definition) is 0. The molecule has 0 aliphatic heterocycles. The Labute approximate surface area is 118 Å². The molecule has 20 heavy (non-hydrogen) atoms. The Kier molecular flexibility index (Phi) is 6.11. The molecule has 1 aromatic rings. The molecule has 0 bridgehead atoms. The van der Waals surface area contributed by atoms with E-state index in [0.717, 1.165) is 0 Å². The lowest BCUT2D eigenvalue weighted by Crippen LogP contribution is -2.32. The predicted octanol–water partition coefficient (Wildman–Crippen LogP) is 2.37. The molecule has 0 spiro atoms. The molecule has 0 heterocycles. The van der Waals surface area contributed by atoms with Crippen LogP contribution < -0.4 is 0 Å². The van der Waals surface area contributed by atoms with E-state index in [2.05, 4.69) is 4.74 Å². The van der Waals surface area contributed by atoms with E-state index in [1.807, 2.05) is 18.7 Å². The topological polar surface area (TPSA) is 72.7 Å². The summed E-state index contributed by atoms with van der Waals surface area (Å²) in [5.41, 5.74) is 0.757. The van der Waals surface area contributed by atoms with Gasteiger partial charge in [-0.25, -0.2) is 0 Å². The molecule has 0 aromatic heterocycles. The monoisotopic (exact) mass is 280 g/mol. The van der Waals surface area contributed by atoms with Crippen LogP contribution in [0.3, 0.4) is 0 Å². The predicted molar refractivity (Wildman–Crippen MR) is 75.3 cm³/mol. The van der Waals surface area contributed by atoms with Crippen LogP contribution >= 0.6 is 0 Å². The van der Waals surface area contributed by atoms with Crippen LogP contribution in [0.5, 0.6) is 0 Å². The number of ether oxygens (including phenoxy) is 1. The fraction of sp³-hybridized carbons (Fsp3) is 0.500. The van der Waals surface area contributed by atoms with Crippen molar-refractivity contribution in [2.24, 2.45) is 0 Å². The minimum absolute atomic E-state index is 0.108. The van der Waals surface area contributed by atoms with Crippen LogP contribution in [0.2, 0.25) is 0 Å². The molecular weight excluding hydrogens is 260 g/mol. The Morgan fingerprint density at radius 3 is 2.60 bits per heavy atom. The van der Waals surface area contributed by atoms with E-state index in [-0.39, 0.29) is 29.0 Å². The van der Waals surface area contributed by atoms with Crippen molar-refractivity contribution in [1.29, 1.82) is 0 Å². The molecule has 0 N–H and O–H groups in total. The maximum atomic E-state index is 11.2. The first kappa shape index (κ1) is 16.1. The van der Waals surface area contributed by atoms with Gasteiger partial charge in [0.05, 0.1) is 18.5 Å². The summed E-state index contributed by atoms with van der Waals surface area (Å²) in [6.45, 7) is 4.93. The van der Waals surface area contributed by atoms with Crippen molar-refractivity contribution in [3.63, 3.8) is 0 Å². The Hall–Kier alpha value is -1.95. The van der Waals surface area contributed by atoms with E-state index >= 15 is 0 Å². The third kappa shape index (κ3) is 4.62. The average molecular weight is 280 g/mol. The zero-order valence-electron chi connectivity index (χ0n) is 12.0. The van der Waals surface area contributed by atoms with Gasteiger partial charge >= 0.3 is 5.97 Å². The second-order valence-corrected chi connectivity index (χ2v) is 4.78. The normalized spacial score (nSPS) is 10.8. The molecule has 1 aromatic carbocycles. The Bertz CT molecular complexity index is 474. The van der Waals surface area contributed by atoms with Crippen molar-refractivity contribution in [1.82, 2.24) is 4.90 Å². The van der Waals surface area contributed by atoms with E-state index < -0.39 is 0 Å². The first-order valence-electron chi connectivity index (χ1n) is 6.49. The number of carbonyl (C=O) groups is 1. The van der Waals surface area contributed by atoms with Crippen molar-refractivity contribution in [2.75, 3.05) is 13.7 Å². The molecule has 6 nitrogen and oxygen atoms in total. The fourth-order valence-corrected chi connectivity index (χ4v) is 1.90. The maximum Gasteiger partial charge on any atom is 0.306 e. The van der Waals surface area contributed by atoms with E-state index in [4.69, 9.17) is 0 Å². The van der Waals surface area contributed by atoms with E-state index in [1.165, 1.54) is 13.2 Å².